The third-order valence-corrected chi connectivity index (χ3v) is 9.41. The summed E-state index contributed by atoms with van der Waals surface area (Å²) in [5.41, 5.74) is 17.9. The summed E-state index contributed by atoms with van der Waals surface area (Å²) in [4.78, 5) is 0. The minimum Gasteiger partial charge on any atom is -0.365 e. The molecule has 1 aliphatic carbocycles. The van der Waals surface area contributed by atoms with Crippen molar-refractivity contribution in [2.75, 3.05) is 12.4 Å². The lowest BCUT2D eigenvalue weighted by Crippen LogP contribution is -2.53. The van der Waals surface area contributed by atoms with Gasteiger partial charge in [0.25, 0.3) is 0 Å². The number of anilines is 1. The fourth-order valence-corrected chi connectivity index (χ4v) is 6.74. The highest BCUT2D eigenvalue weighted by Gasteiger charge is 2.35. The Balaban J connectivity index is 0.000000363. The average molecular weight is 719 g/mol. The maximum atomic E-state index is 5.54. The number of fused-ring (bicyclic) bond motifs is 2. The van der Waals surface area contributed by atoms with Crippen molar-refractivity contribution in [2.24, 2.45) is 11.5 Å². The van der Waals surface area contributed by atoms with E-state index in [2.05, 4.69) is 164 Å². The van der Waals surface area contributed by atoms with Crippen molar-refractivity contribution in [3.05, 3.63) is 192 Å². The summed E-state index contributed by atoms with van der Waals surface area (Å²) in [6.07, 6.45) is 19.3. The van der Waals surface area contributed by atoms with Crippen molar-refractivity contribution in [1.29, 1.82) is 0 Å². The van der Waals surface area contributed by atoms with Crippen molar-refractivity contribution < 1.29 is 0 Å². The quantitative estimate of drug-likeness (QED) is 0.129. The maximum Gasteiger partial charge on any atom is 0.134 e. The van der Waals surface area contributed by atoms with E-state index >= 15 is 0 Å². The van der Waals surface area contributed by atoms with Crippen molar-refractivity contribution in [3.8, 4) is 0 Å². The summed E-state index contributed by atoms with van der Waals surface area (Å²) in [6, 6.07) is 38.3. The molecule has 4 nitrogen and oxygen atoms in total. The summed E-state index contributed by atoms with van der Waals surface area (Å²) in [7, 11) is 1.50. The molecule has 2 unspecified atom stereocenters. The first kappa shape index (κ1) is 43.0. The zero-order valence-electron chi connectivity index (χ0n) is 33.6. The van der Waals surface area contributed by atoms with E-state index in [0.717, 1.165) is 24.1 Å². The van der Waals surface area contributed by atoms with Crippen LogP contribution in [0.1, 0.15) is 77.0 Å². The van der Waals surface area contributed by atoms with Crippen LogP contribution in [0.3, 0.4) is 0 Å². The second-order valence-electron chi connectivity index (χ2n) is 12.4. The van der Waals surface area contributed by atoms with Crippen molar-refractivity contribution in [3.63, 3.8) is 0 Å². The molecule has 1 heterocycles. The minimum atomic E-state index is -0.486. The van der Waals surface area contributed by atoms with Gasteiger partial charge in [-0.05, 0) is 107 Å². The van der Waals surface area contributed by atoms with Crippen LogP contribution in [-0.2, 0) is 6.54 Å². The van der Waals surface area contributed by atoms with E-state index in [0.29, 0.717) is 6.54 Å². The summed E-state index contributed by atoms with van der Waals surface area (Å²) in [5.74, 6) is 0.169. The summed E-state index contributed by atoms with van der Waals surface area (Å²) < 4.78 is 0. The molecule has 7 rings (SSSR count). The monoisotopic (exact) mass is 718 g/mol. The highest BCUT2D eigenvalue weighted by Crippen LogP contribution is 2.42. The van der Waals surface area contributed by atoms with Crippen molar-refractivity contribution >= 4 is 32.8 Å². The van der Waals surface area contributed by atoms with Gasteiger partial charge in [0.1, 0.15) is 5.66 Å². The van der Waals surface area contributed by atoms with Gasteiger partial charge in [0.15, 0.2) is 0 Å². The fourth-order valence-electron chi connectivity index (χ4n) is 6.74. The van der Waals surface area contributed by atoms with Gasteiger partial charge in [-0.2, -0.15) is 0 Å². The van der Waals surface area contributed by atoms with Crippen LogP contribution in [0.25, 0.3) is 27.1 Å². The van der Waals surface area contributed by atoms with Gasteiger partial charge in [-0.25, -0.2) is 0 Å². The molecular weight excluding hydrogens is 657 g/mol. The summed E-state index contributed by atoms with van der Waals surface area (Å²) >= 11 is 0. The number of nitrogens with one attached hydrogen (secondary N) is 2. The van der Waals surface area contributed by atoms with E-state index in [4.69, 9.17) is 12.3 Å². The van der Waals surface area contributed by atoms with E-state index in [9.17, 15) is 0 Å². The molecule has 1 aliphatic heterocycles. The summed E-state index contributed by atoms with van der Waals surface area (Å²) in [5, 5.41) is 12.6. The van der Waals surface area contributed by atoms with Crippen LogP contribution >= 0.6 is 0 Å². The predicted molar refractivity (Wildman–Crippen MR) is 240 cm³/mol. The normalized spacial score (nSPS) is 16.0. The lowest BCUT2D eigenvalue weighted by molar-refractivity contribution is 0.434. The van der Waals surface area contributed by atoms with E-state index in [1.54, 1.807) is 0 Å². The second-order valence-corrected chi connectivity index (χ2v) is 12.4. The first-order valence-electron chi connectivity index (χ1n) is 19.5. The summed E-state index contributed by atoms with van der Waals surface area (Å²) in [6.45, 7) is 17.7. The van der Waals surface area contributed by atoms with Gasteiger partial charge in [0.05, 0.1) is 0 Å². The third kappa shape index (κ3) is 10.6. The molecule has 5 aromatic rings. The fraction of sp³-hybridized carbons (Fsp3) is 0.240. The molecule has 0 saturated heterocycles. The Hall–Kier alpha value is -5.42. The second kappa shape index (κ2) is 22.6. The average Bonchev–Trinajstić information content (AvgIpc) is 3.26. The first-order chi connectivity index (χ1) is 26.5. The smallest absolute Gasteiger partial charge is 0.134 e. The molecule has 54 heavy (non-hydrogen) atoms. The molecule has 6 N–H and O–H groups in total. The predicted octanol–water partition coefficient (Wildman–Crippen LogP) is 12.6. The Kier molecular flexibility index (Phi) is 18.0. The Morgan fingerprint density at radius 3 is 2.15 bits per heavy atom. The van der Waals surface area contributed by atoms with Gasteiger partial charge in [-0.15, -0.1) is 0 Å². The zero-order valence-corrected chi connectivity index (χ0v) is 33.6. The SMILES string of the molecule is C=C(C1=C(/C=C\C)C=CCC1)c1c(NC2(C(C)c3ccccc3)C=CC=CN2)ccc2ccccc12.CC.CC.CN.NCc1ccc2ccccc2c1. The first-order valence-corrected chi connectivity index (χ1v) is 19.5. The van der Waals surface area contributed by atoms with E-state index in [1.165, 1.54) is 56.4 Å². The molecule has 2 aliphatic rings. The van der Waals surface area contributed by atoms with Crippen LogP contribution in [0.5, 0.6) is 0 Å². The molecule has 0 spiro atoms. The minimum absolute atomic E-state index is 0.169. The van der Waals surface area contributed by atoms with Crippen LogP contribution in [0, 0.1) is 0 Å². The lowest BCUT2D eigenvalue weighted by Gasteiger charge is -2.41. The van der Waals surface area contributed by atoms with Gasteiger partial charge >= 0.3 is 0 Å². The molecule has 0 amide bonds. The molecule has 0 aromatic heterocycles. The molecule has 0 fully saturated rings. The maximum absolute atomic E-state index is 5.54. The number of hydrogen-bond donors (Lipinski definition) is 4. The Morgan fingerprint density at radius 2 is 1.48 bits per heavy atom. The third-order valence-electron chi connectivity index (χ3n) is 9.41. The molecule has 282 valence electrons. The van der Waals surface area contributed by atoms with E-state index in [1.807, 2.05) is 52.1 Å². The zero-order chi connectivity index (χ0) is 39.3. The Morgan fingerprint density at radius 1 is 0.833 bits per heavy atom. The van der Waals surface area contributed by atoms with Crippen LogP contribution in [0.2, 0.25) is 0 Å². The highest BCUT2D eigenvalue weighted by molar-refractivity contribution is 6.02. The lowest BCUT2D eigenvalue weighted by atomic mass is 9.83. The molecule has 5 aromatic carbocycles. The van der Waals surface area contributed by atoms with Crippen LogP contribution in [-0.4, -0.2) is 12.7 Å². The van der Waals surface area contributed by atoms with Crippen LogP contribution in [0.4, 0.5) is 5.69 Å². The number of benzene rings is 5. The van der Waals surface area contributed by atoms with Crippen molar-refractivity contribution in [2.45, 2.75) is 72.5 Å². The number of allylic oxidation sites excluding steroid dienone is 9. The Labute approximate surface area is 325 Å². The molecule has 2 atom stereocenters. The van der Waals surface area contributed by atoms with E-state index < -0.39 is 5.66 Å². The molecule has 0 radical (unpaired) electrons. The molecule has 4 heteroatoms. The van der Waals surface area contributed by atoms with Crippen LogP contribution in [0.15, 0.2) is 176 Å². The van der Waals surface area contributed by atoms with E-state index in [-0.39, 0.29) is 5.92 Å². The molecular formula is C50H62N4. The van der Waals surface area contributed by atoms with Crippen molar-refractivity contribution in [1.82, 2.24) is 5.32 Å². The number of rotatable bonds is 8. The van der Waals surface area contributed by atoms with Gasteiger partial charge in [0.2, 0.25) is 0 Å². The Bertz CT molecular complexity index is 2060. The number of nitrogens with two attached hydrogens (primary N) is 2. The van der Waals surface area contributed by atoms with Gasteiger partial charge in [-0.1, -0.05) is 169 Å². The van der Waals surface area contributed by atoms with Crippen LogP contribution < -0.4 is 22.1 Å². The number of dihydropyridines is 1. The topological polar surface area (TPSA) is 76.1 Å². The molecule has 0 saturated carbocycles. The van der Waals surface area contributed by atoms with Gasteiger partial charge in [-0.3, -0.25) is 0 Å². The molecule has 0 bridgehead atoms. The van der Waals surface area contributed by atoms with Gasteiger partial charge < -0.3 is 22.1 Å². The highest BCUT2D eigenvalue weighted by atomic mass is 15.2. The number of hydrogen-bond acceptors (Lipinski definition) is 4. The van der Waals surface area contributed by atoms with Gasteiger partial charge in [0, 0.05) is 23.7 Å². The standard InChI is InChI=1S/C34H34N2.C11H11N.2C2H6.CH5N/c1-4-14-28-17-8-10-19-30(28)25(2)33-31-20-11-9-18-29(31)21-22-32(33)36-34(23-12-13-24-35-34)26(3)27-15-6-5-7-16-27;12-8-9-5-6-10-3-1-2-4-11(10)7-9;3*1-2/h4-9,11-18,20-24,26,35-36H,2,10,19H2,1,3H3;1-7H,8,12H2;2*1-2H3;2H2,1H3/b14-4-;;;;. The largest absolute Gasteiger partial charge is 0.365 e.